The van der Waals surface area contributed by atoms with E-state index in [-0.39, 0.29) is 11.1 Å². The fourth-order valence-electron chi connectivity index (χ4n) is 1.48. The molecule has 0 radical (unpaired) electrons. The first-order valence-electron chi connectivity index (χ1n) is 6.36. The number of halogens is 2. The predicted octanol–water partition coefficient (Wildman–Crippen LogP) is 3.80. The fraction of sp³-hybridized carbons (Fsp3) is 0.500. The summed E-state index contributed by atoms with van der Waals surface area (Å²) in [5, 5.41) is 5.61. The van der Waals surface area contributed by atoms with Crippen molar-refractivity contribution in [3.8, 4) is 0 Å². The van der Waals surface area contributed by atoms with Crippen LogP contribution < -0.4 is 10.6 Å². The van der Waals surface area contributed by atoms with E-state index >= 15 is 0 Å². The SMILES string of the molecule is CC(CNC(=O)OC(C)(C)C)Nc1cccc(Cl)c1F. The largest absolute Gasteiger partial charge is 0.444 e. The van der Waals surface area contributed by atoms with Gasteiger partial charge in [0, 0.05) is 12.6 Å². The van der Waals surface area contributed by atoms with E-state index in [2.05, 4.69) is 10.6 Å². The first-order valence-corrected chi connectivity index (χ1v) is 6.74. The van der Waals surface area contributed by atoms with E-state index in [4.69, 9.17) is 16.3 Å². The molecule has 1 atom stereocenters. The summed E-state index contributed by atoms with van der Waals surface area (Å²) in [4.78, 5) is 11.5. The molecule has 0 heterocycles. The lowest BCUT2D eigenvalue weighted by molar-refractivity contribution is 0.0526. The third-order valence-corrected chi connectivity index (χ3v) is 2.60. The van der Waals surface area contributed by atoms with Crippen molar-refractivity contribution in [3.63, 3.8) is 0 Å². The smallest absolute Gasteiger partial charge is 0.407 e. The van der Waals surface area contributed by atoms with Crippen molar-refractivity contribution in [1.82, 2.24) is 5.32 Å². The molecule has 0 aromatic heterocycles. The molecule has 1 amide bonds. The van der Waals surface area contributed by atoms with Crippen molar-refractivity contribution < 1.29 is 13.9 Å². The van der Waals surface area contributed by atoms with Crippen molar-refractivity contribution in [3.05, 3.63) is 29.0 Å². The van der Waals surface area contributed by atoms with Gasteiger partial charge in [-0.05, 0) is 39.8 Å². The molecule has 1 rings (SSSR count). The third kappa shape index (κ3) is 5.65. The molecule has 0 fully saturated rings. The Labute approximate surface area is 123 Å². The molecule has 112 valence electrons. The molecule has 1 aromatic carbocycles. The average molecular weight is 303 g/mol. The van der Waals surface area contributed by atoms with Crippen LogP contribution in [0.4, 0.5) is 14.9 Å². The Balaban J connectivity index is 2.46. The summed E-state index contributed by atoms with van der Waals surface area (Å²) in [7, 11) is 0. The molecule has 1 unspecified atom stereocenters. The van der Waals surface area contributed by atoms with E-state index in [1.165, 1.54) is 6.07 Å². The van der Waals surface area contributed by atoms with Crippen LogP contribution in [-0.2, 0) is 4.74 Å². The number of nitrogens with one attached hydrogen (secondary N) is 2. The molecule has 0 bridgehead atoms. The summed E-state index contributed by atoms with van der Waals surface area (Å²) >= 11 is 5.69. The Morgan fingerprint density at radius 2 is 2.10 bits per heavy atom. The van der Waals surface area contributed by atoms with Gasteiger partial charge in [0.25, 0.3) is 0 Å². The normalized spacial score (nSPS) is 12.7. The van der Waals surface area contributed by atoms with Gasteiger partial charge in [0.15, 0.2) is 5.82 Å². The van der Waals surface area contributed by atoms with E-state index < -0.39 is 17.5 Å². The Hall–Kier alpha value is -1.49. The van der Waals surface area contributed by atoms with Gasteiger partial charge < -0.3 is 15.4 Å². The molecule has 0 saturated heterocycles. The van der Waals surface area contributed by atoms with E-state index in [0.717, 1.165) is 0 Å². The number of alkyl carbamates (subject to hydrolysis) is 1. The van der Waals surface area contributed by atoms with Gasteiger partial charge in [-0.1, -0.05) is 17.7 Å². The zero-order valence-electron chi connectivity index (χ0n) is 12.1. The van der Waals surface area contributed by atoms with Gasteiger partial charge in [-0.3, -0.25) is 0 Å². The van der Waals surface area contributed by atoms with Crippen LogP contribution in [0.2, 0.25) is 5.02 Å². The molecule has 0 aliphatic rings. The van der Waals surface area contributed by atoms with Gasteiger partial charge in [0.2, 0.25) is 0 Å². The highest BCUT2D eigenvalue weighted by Crippen LogP contribution is 2.22. The Morgan fingerprint density at radius 1 is 1.45 bits per heavy atom. The van der Waals surface area contributed by atoms with Crippen LogP contribution in [0.5, 0.6) is 0 Å². The van der Waals surface area contributed by atoms with Crippen molar-refractivity contribution >= 4 is 23.4 Å². The summed E-state index contributed by atoms with van der Waals surface area (Å²) in [5.74, 6) is -0.502. The van der Waals surface area contributed by atoms with Gasteiger partial charge >= 0.3 is 6.09 Å². The molecule has 4 nitrogen and oxygen atoms in total. The maximum Gasteiger partial charge on any atom is 0.407 e. The second-order valence-corrected chi connectivity index (χ2v) is 5.94. The summed E-state index contributed by atoms with van der Waals surface area (Å²) in [6.45, 7) is 7.49. The number of ether oxygens (including phenoxy) is 1. The van der Waals surface area contributed by atoms with Crippen LogP contribution in [0.25, 0.3) is 0 Å². The van der Waals surface area contributed by atoms with Crippen LogP contribution in [0, 0.1) is 5.82 Å². The monoisotopic (exact) mass is 302 g/mol. The van der Waals surface area contributed by atoms with Gasteiger partial charge in [-0.15, -0.1) is 0 Å². The lowest BCUT2D eigenvalue weighted by atomic mass is 10.2. The number of hydrogen-bond acceptors (Lipinski definition) is 3. The van der Waals surface area contributed by atoms with Crippen LogP contribution in [-0.4, -0.2) is 24.3 Å². The van der Waals surface area contributed by atoms with Gasteiger partial charge in [-0.25, -0.2) is 9.18 Å². The molecule has 0 spiro atoms. The zero-order chi connectivity index (χ0) is 15.3. The number of hydrogen-bond donors (Lipinski definition) is 2. The summed E-state index contributed by atoms with van der Waals surface area (Å²) < 4.78 is 18.8. The number of amides is 1. The van der Waals surface area contributed by atoms with Crippen molar-refractivity contribution in [2.45, 2.75) is 39.3 Å². The summed E-state index contributed by atoms with van der Waals surface area (Å²) in [6, 6.07) is 4.55. The minimum Gasteiger partial charge on any atom is -0.444 e. The highest BCUT2D eigenvalue weighted by atomic mass is 35.5. The second kappa shape index (κ2) is 6.79. The number of carbonyl (C=O) groups is 1. The van der Waals surface area contributed by atoms with Gasteiger partial charge in [0.1, 0.15) is 5.60 Å². The van der Waals surface area contributed by atoms with E-state index in [1.54, 1.807) is 32.9 Å². The maximum absolute atomic E-state index is 13.7. The zero-order valence-corrected chi connectivity index (χ0v) is 12.8. The molecular formula is C14H20ClFN2O2. The minimum absolute atomic E-state index is 0.0577. The molecule has 2 N–H and O–H groups in total. The van der Waals surface area contributed by atoms with E-state index in [9.17, 15) is 9.18 Å². The Bertz CT molecular complexity index is 475. The first-order chi connectivity index (χ1) is 9.19. The number of rotatable bonds is 4. The van der Waals surface area contributed by atoms with Crippen molar-refractivity contribution in [2.75, 3.05) is 11.9 Å². The lowest BCUT2D eigenvalue weighted by Crippen LogP contribution is -2.38. The number of carbonyl (C=O) groups excluding carboxylic acids is 1. The molecule has 0 aliphatic carbocycles. The highest BCUT2D eigenvalue weighted by molar-refractivity contribution is 6.31. The van der Waals surface area contributed by atoms with Gasteiger partial charge in [-0.2, -0.15) is 0 Å². The molecular weight excluding hydrogens is 283 g/mol. The first kappa shape index (κ1) is 16.6. The Morgan fingerprint density at radius 3 is 2.70 bits per heavy atom. The van der Waals surface area contributed by atoms with Gasteiger partial charge in [0.05, 0.1) is 10.7 Å². The summed E-state index contributed by atoms with van der Waals surface area (Å²) in [5.41, 5.74) is -0.240. The topological polar surface area (TPSA) is 50.4 Å². The molecule has 0 saturated carbocycles. The molecule has 20 heavy (non-hydrogen) atoms. The molecule has 1 aromatic rings. The lowest BCUT2D eigenvalue weighted by Gasteiger charge is -2.21. The minimum atomic E-state index is -0.542. The highest BCUT2D eigenvalue weighted by Gasteiger charge is 2.16. The molecule has 0 aliphatic heterocycles. The molecule has 6 heteroatoms. The van der Waals surface area contributed by atoms with E-state index in [1.807, 2.05) is 6.92 Å². The average Bonchev–Trinajstić information content (AvgIpc) is 2.30. The maximum atomic E-state index is 13.7. The number of benzene rings is 1. The summed E-state index contributed by atoms with van der Waals surface area (Å²) in [6.07, 6.45) is -0.502. The Kier molecular flexibility index (Phi) is 5.62. The van der Waals surface area contributed by atoms with Crippen LogP contribution in [0.1, 0.15) is 27.7 Å². The quantitative estimate of drug-likeness (QED) is 0.889. The number of anilines is 1. The van der Waals surface area contributed by atoms with Crippen LogP contribution in [0.15, 0.2) is 18.2 Å². The van der Waals surface area contributed by atoms with E-state index in [0.29, 0.717) is 12.2 Å². The second-order valence-electron chi connectivity index (χ2n) is 5.53. The standard InChI is InChI=1S/C14H20ClFN2O2/c1-9(8-17-13(19)20-14(2,3)4)18-11-7-5-6-10(15)12(11)16/h5-7,9,18H,8H2,1-4H3,(H,17,19). The van der Waals surface area contributed by atoms with Crippen LogP contribution in [0.3, 0.4) is 0 Å². The van der Waals surface area contributed by atoms with Crippen molar-refractivity contribution in [1.29, 1.82) is 0 Å². The fourth-order valence-corrected chi connectivity index (χ4v) is 1.66. The van der Waals surface area contributed by atoms with Crippen LogP contribution >= 0.6 is 11.6 Å². The predicted molar refractivity (Wildman–Crippen MR) is 78.7 cm³/mol. The third-order valence-electron chi connectivity index (χ3n) is 2.30. The van der Waals surface area contributed by atoms with Crippen molar-refractivity contribution in [2.24, 2.45) is 0 Å².